The SMILES string of the molecule is CCCNC(=O)[C@H]1[C@H]2C(=O)N(CCCO)C(C(=O)NC3CCCCC3)C23CC[C@]1(CC)O3. The molecule has 8 nitrogen and oxygen atoms in total. The van der Waals surface area contributed by atoms with Crippen LogP contribution < -0.4 is 10.6 Å². The number of amides is 3. The van der Waals surface area contributed by atoms with Gasteiger partial charge in [0.05, 0.1) is 17.4 Å². The maximum Gasteiger partial charge on any atom is 0.246 e. The predicted molar refractivity (Wildman–Crippen MR) is 119 cm³/mol. The Labute approximate surface area is 190 Å². The second kappa shape index (κ2) is 9.29. The van der Waals surface area contributed by atoms with Gasteiger partial charge in [-0.25, -0.2) is 0 Å². The summed E-state index contributed by atoms with van der Waals surface area (Å²) in [5.41, 5.74) is -1.65. The van der Waals surface area contributed by atoms with Crippen molar-refractivity contribution in [3.63, 3.8) is 0 Å². The number of fused-ring (bicyclic) bond motifs is 1. The van der Waals surface area contributed by atoms with E-state index in [1.807, 2.05) is 13.8 Å². The molecule has 1 saturated carbocycles. The van der Waals surface area contributed by atoms with Gasteiger partial charge >= 0.3 is 0 Å². The van der Waals surface area contributed by atoms with Gasteiger partial charge < -0.3 is 25.4 Å². The number of aliphatic hydroxyl groups is 1. The number of hydrogen-bond donors (Lipinski definition) is 3. The molecule has 0 aromatic heterocycles. The minimum Gasteiger partial charge on any atom is -0.396 e. The molecule has 2 unspecified atom stereocenters. The monoisotopic (exact) mass is 449 g/mol. The first-order valence-corrected chi connectivity index (χ1v) is 12.6. The highest BCUT2D eigenvalue weighted by atomic mass is 16.5. The fraction of sp³-hybridized carbons (Fsp3) is 0.875. The number of hydrogen-bond acceptors (Lipinski definition) is 5. The number of nitrogens with zero attached hydrogens (tertiary/aromatic N) is 1. The van der Waals surface area contributed by atoms with Crippen molar-refractivity contribution in [2.24, 2.45) is 11.8 Å². The molecule has 0 radical (unpaired) electrons. The largest absolute Gasteiger partial charge is 0.396 e. The van der Waals surface area contributed by atoms with Crippen molar-refractivity contribution in [3.8, 4) is 0 Å². The molecule has 4 fully saturated rings. The van der Waals surface area contributed by atoms with E-state index in [2.05, 4.69) is 10.6 Å². The average molecular weight is 450 g/mol. The topological polar surface area (TPSA) is 108 Å². The predicted octanol–water partition coefficient (Wildman–Crippen LogP) is 1.50. The Morgan fingerprint density at radius 1 is 1.16 bits per heavy atom. The first-order valence-electron chi connectivity index (χ1n) is 12.6. The molecule has 5 atom stereocenters. The summed E-state index contributed by atoms with van der Waals surface area (Å²) in [5.74, 6) is -1.69. The van der Waals surface area contributed by atoms with Crippen LogP contribution in [0.1, 0.15) is 78.1 Å². The van der Waals surface area contributed by atoms with Gasteiger partial charge in [0.2, 0.25) is 17.7 Å². The number of carbonyl (C=O) groups excluding carboxylic acids is 3. The molecule has 0 aromatic carbocycles. The summed E-state index contributed by atoms with van der Waals surface area (Å²) in [6.07, 6.45) is 8.45. The van der Waals surface area contributed by atoms with Crippen molar-refractivity contribution in [2.45, 2.75) is 101 Å². The Kier molecular flexibility index (Phi) is 6.82. The fourth-order valence-corrected chi connectivity index (χ4v) is 6.78. The number of likely N-dealkylation sites (tertiary alicyclic amines) is 1. The molecule has 180 valence electrons. The first kappa shape index (κ1) is 23.5. The second-order valence-corrected chi connectivity index (χ2v) is 10.1. The second-order valence-electron chi connectivity index (χ2n) is 10.1. The molecule has 8 heteroatoms. The Bertz CT molecular complexity index is 739. The maximum atomic E-state index is 13.7. The summed E-state index contributed by atoms with van der Waals surface area (Å²) in [5, 5.41) is 15.6. The van der Waals surface area contributed by atoms with E-state index in [-0.39, 0.29) is 30.4 Å². The number of aliphatic hydroxyl groups excluding tert-OH is 1. The van der Waals surface area contributed by atoms with E-state index in [9.17, 15) is 19.5 Å². The quantitative estimate of drug-likeness (QED) is 0.494. The molecule has 0 aromatic rings. The maximum absolute atomic E-state index is 13.7. The lowest BCUT2D eigenvalue weighted by molar-refractivity contribution is -0.148. The van der Waals surface area contributed by atoms with E-state index in [0.29, 0.717) is 38.8 Å². The van der Waals surface area contributed by atoms with E-state index in [0.717, 1.165) is 32.1 Å². The summed E-state index contributed by atoms with van der Waals surface area (Å²) in [7, 11) is 0. The summed E-state index contributed by atoms with van der Waals surface area (Å²) in [4.78, 5) is 42.2. The molecule has 4 rings (SSSR count). The van der Waals surface area contributed by atoms with Gasteiger partial charge in [0.1, 0.15) is 11.6 Å². The van der Waals surface area contributed by atoms with E-state index in [4.69, 9.17) is 4.74 Å². The smallest absolute Gasteiger partial charge is 0.246 e. The molecule has 1 spiro atoms. The van der Waals surface area contributed by atoms with Crippen LogP contribution in [-0.2, 0) is 19.1 Å². The highest BCUT2D eigenvalue weighted by Gasteiger charge is 2.78. The van der Waals surface area contributed by atoms with Gasteiger partial charge in [-0.05, 0) is 44.9 Å². The number of rotatable bonds is 9. The average Bonchev–Trinajstić information content (AvgIpc) is 3.40. The third-order valence-corrected chi connectivity index (χ3v) is 8.27. The van der Waals surface area contributed by atoms with Gasteiger partial charge in [0, 0.05) is 25.7 Å². The van der Waals surface area contributed by atoms with Crippen LogP contribution in [0.15, 0.2) is 0 Å². The lowest BCUT2D eigenvalue weighted by atomic mass is 9.65. The molecule has 2 bridgehead atoms. The lowest BCUT2D eigenvalue weighted by Gasteiger charge is -2.35. The molecular weight excluding hydrogens is 410 g/mol. The summed E-state index contributed by atoms with van der Waals surface area (Å²) >= 11 is 0. The Hall–Kier alpha value is -1.67. The van der Waals surface area contributed by atoms with E-state index < -0.39 is 29.1 Å². The van der Waals surface area contributed by atoms with Crippen LogP contribution in [-0.4, -0.2) is 70.7 Å². The molecule has 3 aliphatic heterocycles. The molecule has 3 amide bonds. The Morgan fingerprint density at radius 3 is 2.56 bits per heavy atom. The lowest BCUT2D eigenvalue weighted by Crippen LogP contribution is -2.57. The van der Waals surface area contributed by atoms with E-state index >= 15 is 0 Å². The van der Waals surface area contributed by atoms with Crippen LogP contribution in [0.3, 0.4) is 0 Å². The molecule has 1 aliphatic carbocycles. The Balaban J connectivity index is 1.67. The van der Waals surface area contributed by atoms with Crippen LogP contribution in [0, 0.1) is 11.8 Å². The summed E-state index contributed by atoms with van der Waals surface area (Å²) in [6, 6.07) is -0.616. The minimum absolute atomic E-state index is 0.0570. The molecule has 3 saturated heterocycles. The minimum atomic E-state index is -0.963. The standard InChI is InChI=1S/C24H39N3O5/c1-3-13-25-20(29)17-18-22(31)27(14-8-15-28)19(21(30)26-16-9-6-5-7-10-16)24(18)12-11-23(17,4-2)32-24/h16-19,28H,3-15H2,1-2H3,(H,25,29)(H,26,30)/t17-,18+,19?,23+,24?/m1/s1. The highest BCUT2D eigenvalue weighted by Crippen LogP contribution is 2.64. The zero-order chi connectivity index (χ0) is 22.9. The third kappa shape index (κ3) is 3.63. The van der Waals surface area contributed by atoms with Gasteiger partial charge in [-0.15, -0.1) is 0 Å². The van der Waals surface area contributed by atoms with Crippen LogP contribution in [0.5, 0.6) is 0 Å². The van der Waals surface area contributed by atoms with Gasteiger partial charge in [0.25, 0.3) is 0 Å². The van der Waals surface area contributed by atoms with Crippen molar-refractivity contribution in [3.05, 3.63) is 0 Å². The summed E-state index contributed by atoms with van der Waals surface area (Å²) < 4.78 is 6.69. The summed E-state index contributed by atoms with van der Waals surface area (Å²) in [6.45, 7) is 4.80. The van der Waals surface area contributed by atoms with Crippen molar-refractivity contribution < 1.29 is 24.2 Å². The zero-order valence-electron chi connectivity index (χ0n) is 19.5. The number of ether oxygens (including phenoxy) is 1. The van der Waals surface area contributed by atoms with Gasteiger partial charge in [-0.3, -0.25) is 14.4 Å². The van der Waals surface area contributed by atoms with Gasteiger partial charge in [-0.1, -0.05) is 33.1 Å². The van der Waals surface area contributed by atoms with Crippen molar-refractivity contribution in [2.75, 3.05) is 19.7 Å². The number of carbonyl (C=O) groups is 3. The van der Waals surface area contributed by atoms with Crippen LogP contribution in [0.2, 0.25) is 0 Å². The molecule has 4 aliphatic rings. The molecule has 3 N–H and O–H groups in total. The third-order valence-electron chi connectivity index (χ3n) is 8.27. The van der Waals surface area contributed by atoms with Crippen LogP contribution >= 0.6 is 0 Å². The van der Waals surface area contributed by atoms with Gasteiger partial charge in [0.15, 0.2) is 0 Å². The van der Waals surface area contributed by atoms with Crippen LogP contribution in [0.4, 0.5) is 0 Å². The van der Waals surface area contributed by atoms with Crippen molar-refractivity contribution >= 4 is 17.7 Å². The van der Waals surface area contributed by atoms with Gasteiger partial charge in [-0.2, -0.15) is 0 Å². The first-order chi connectivity index (χ1) is 15.4. The zero-order valence-corrected chi connectivity index (χ0v) is 19.5. The molecule has 3 heterocycles. The highest BCUT2D eigenvalue weighted by molar-refractivity contribution is 5.99. The van der Waals surface area contributed by atoms with Crippen molar-refractivity contribution in [1.82, 2.24) is 15.5 Å². The number of nitrogens with one attached hydrogen (secondary N) is 2. The molecular formula is C24H39N3O5. The Morgan fingerprint density at radius 2 is 1.91 bits per heavy atom. The van der Waals surface area contributed by atoms with E-state index in [1.165, 1.54) is 6.42 Å². The normalized spacial score (nSPS) is 36.4. The van der Waals surface area contributed by atoms with Crippen molar-refractivity contribution in [1.29, 1.82) is 0 Å². The fourth-order valence-electron chi connectivity index (χ4n) is 6.78. The molecule has 32 heavy (non-hydrogen) atoms. The van der Waals surface area contributed by atoms with Crippen LogP contribution in [0.25, 0.3) is 0 Å². The van der Waals surface area contributed by atoms with E-state index in [1.54, 1.807) is 4.90 Å².